The first-order valence-corrected chi connectivity index (χ1v) is 25.4. The Morgan fingerprint density at radius 1 is 0.821 bits per heavy atom. The zero-order chi connectivity index (χ0) is 38.1. The number of benzene rings is 2. The maximum Gasteiger partial charge on any atom is 0.227 e. The van der Waals surface area contributed by atoms with Gasteiger partial charge in [-0.25, -0.2) is 4.98 Å². The van der Waals surface area contributed by atoms with Gasteiger partial charge in [0, 0.05) is 51.3 Å². The van der Waals surface area contributed by atoms with Gasteiger partial charge in [-0.3, -0.25) is 0 Å². The van der Waals surface area contributed by atoms with Crippen molar-refractivity contribution in [2.45, 2.75) is 134 Å². The van der Waals surface area contributed by atoms with Gasteiger partial charge < -0.3 is 4.42 Å². The highest BCUT2D eigenvalue weighted by molar-refractivity contribution is 6.89. The second-order valence-corrected chi connectivity index (χ2v) is 24.1. The van der Waals surface area contributed by atoms with E-state index in [0.717, 1.165) is 42.0 Å². The first-order valence-electron chi connectivity index (χ1n) is 21.9. The summed E-state index contributed by atoms with van der Waals surface area (Å²) in [7, 11) is -1.67. The number of furan rings is 1. The molecule has 2 unspecified atom stereocenters. The molecule has 4 aromatic heterocycles. The molecule has 0 N–H and O–H groups in total. The minimum Gasteiger partial charge on any atom is -0.437 e. The predicted molar refractivity (Wildman–Crippen MR) is 232 cm³/mol. The van der Waals surface area contributed by atoms with E-state index in [1.807, 2.05) is 0 Å². The molecule has 10 rings (SSSR count). The van der Waals surface area contributed by atoms with E-state index in [2.05, 4.69) is 115 Å². The molecule has 2 aromatic carbocycles. The van der Waals surface area contributed by atoms with Gasteiger partial charge in [0.25, 0.3) is 0 Å². The summed E-state index contributed by atoms with van der Waals surface area (Å²) in [5.74, 6) is 1.65. The normalized spacial score (nSPS) is 20.6. The number of allylic oxidation sites excluding steroid dienone is 1. The lowest BCUT2D eigenvalue weighted by atomic mass is 9.76. The lowest BCUT2D eigenvalue weighted by Crippen LogP contribution is -2.55. The van der Waals surface area contributed by atoms with Crippen molar-refractivity contribution in [3.05, 3.63) is 119 Å². The van der Waals surface area contributed by atoms with Crippen LogP contribution in [0.15, 0.2) is 95.7 Å². The van der Waals surface area contributed by atoms with E-state index in [1.165, 1.54) is 126 Å². The molecule has 0 bridgehead atoms. The second-order valence-electron chi connectivity index (χ2n) is 19.0. The predicted octanol–water partition coefficient (Wildman–Crippen LogP) is 11.8. The molecule has 2 saturated carbocycles. The van der Waals surface area contributed by atoms with Crippen molar-refractivity contribution in [3.8, 4) is 22.5 Å². The molecule has 2 aliphatic heterocycles. The number of aryl methyl sites for hydroxylation is 2. The standard InChI is InChI=1S/C51H59N3OSi/c1-33-26-27-53-31-34(2)49-41(39-18-12-13-19-40(39)45-30-38(29-35-14-8-6-9-15-35)47(32-54(45)49)56(3,4)5)22-20-37-21-23-42-43-24-25-44(36-16-10-7-11-17-36)52-51(43)55-50(42)48(37)46(53)28-33/h12-13,18-19,21,23-28,30,32,35-36,41,49H,2,6-11,14-17,20,22,29,31H2,1,3-5H3/q+2. The fourth-order valence-electron chi connectivity index (χ4n) is 11.3. The van der Waals surface area contributed by atoms with Crippen LogP contribution in [0.1, 0.15) is 116 Å². The van der Waals surface area contributed by atoms with Gasteiger partial charge in [-0.05, 0) is 85.4 Å². The number of aromatic nitrogens is 3. The number of fused-ring (bicyclic) bond motifs is 13. The van der Waals surface area contributed by atoms with Crippen molar-refractivity contribution in [2.75, 3.05) is 0 Å². The molecule has 0 saturated heterocycles. The van der Waals surface area contributed by atoms with Gasteiger partial charge in [0.15, 0.2) is 30.6 Å². The van der Waals surface area contributed by atoms with Gasteiger partial charge in [0.1, 0.15) is 0 Å². The summed E-state index contributed by atoms with van der Waals surface area (Å²) in [5.41, 5.74) is 15.1. The van der Waals surface area contributed by atoms with Crippen LogP contribution in [0.25, 0.3) is 44.6 Å². The molecule has 6 aromatic rings. The third kappa shape index (κ3) is 6.29. The van der Waals surface area contributed by atoms with Gasteiger partial charge in [-0.1, -0.05) is 108 Å². The van der Waals surface area contributed by atoms with Crippen molar-refractivity contribution in [1.82, 2.24) is 4.98 Å². The molecular formula is C51H59N3OSi+2. The van der Waals surface area contributed by atoms with Crippen LogP contribution in [0.4, 0.5) is 0 Å². The number of hydrogen-bond donors (Lipinski definition) is 0. The summed E-state index contributed by atoms with van der Waals surface area (Å²) in [6.07, 6.45) is 21.5. The number of nitrogens with zero attached hydrogens (tertiary/aromatic N) is 3. The third-order valence-electron chi connectivity index (χ3n) is 14.2. The van der Waals surface area contributed by atoms with Crippen molar-refractivity contribution in [3.63, 3.8) is 0 Å². The van der Waals surface area contributed by atoms with Crippen LogP contribution in [-0.4, -0.2) is 13.1 Å². The van der Waals surface area contributed by atoms with E-state index in [1.54, 1.807) is 10.8 Å². The second kappa shape index (κ2) is 14.2. The summed E-state index contributed by atoms with van der Waals surface area (Å²) < 4.78 is 12.1. The lowest BCUT2D eigenvalue weighted by molar-refractivity contribution is -0.722. The topological polar surface area (TPSA) is 33.8 Å². The van der Waals surface area contributed by atoms with Crippen LogP contribution in [0.2, 0.25) is 19.6 Å². The summed E-state index contributed by atoms with van der Waals surface area (Å²) in [6, 6.07) is 26.0. The Morgan fingerprint density at radius 2 is 1.59 bits per heavy atom. The molecule has 2 aliphatic carbocycles. The van der Waals surface area contributed by atoms with Crippen LogP contribution in [0.5, 0.6) is 0 Å². The van der Waals surface area contributed by atoms with Crippen LogP contribution in [0, 0.1) is 12.8 Å². The zero-order valence-electron chi connectivity index (χ0n) is 34.2. The smallest absolute Gasteiger partial charge is 0.227 e. The van der Waals surface area contributed by atoms with E-state index >= 15 is 0 Å². The largest absolute Gasteiger partial charge is 0.437 e. The average molecular weight is 758 g/mol. The Bertz CT molecular complexity index is 2490. The quantitative estimate of drug-likeness (QED) is 0.102. The third-order valence-corrected chi connectivity index (χ3v) is 16.2. The number of rotatable bonds is 4. The first kappa shape index (κ1) is 36.0. The van der Waals surface area contributed by atoms with Gasteiger partial charge in [0.05, 0.1) is 25.1 Å². The van der Waals surface area contributed by atoms with E-state index in [-0.39, 0.29) is 6.04 Å². The van der Waals surface area contributed by atoms with E-state index in [4.69, 9.17) is 16.0 Å². The molecule has 0 amide bonds. The molecule has 2 atom stereocenters. The van der Waals surface area contributed by atoms with Crippen molar-refractivity contribution in [1.29, 1.82) is 0 Å². The Labute approximate surface area is 334 Å². The van der Waals surface area contributed by atoms with Gasteiger partial charge in [-0.2, -0.15) is 9.13 Å². The van der Waals surface area contributed by atoms with E-state index in [9.17, 15) is 0 Å². The number of hydrogen-bond acceptors (Lipinski definition) is 2. The maximum absolute atomic E-state index is 6.95. The first-order chi connectivity index (χ1) is 27.2. The van der Waals surface area contributed by atoms with Crippen LogP contribution >= 0.6 is 0 Å². The molecule has 286 valence electrons. The van der Waals surface area contributed by atoms with Crippen molar-refractivity contribution >= 4 is 35.3 Å². The van der Waals surface area contributed by atoms with Crippen LogP contribution in [0.3, 0.4) is 0 Å². The van der Waals surface area contributed by atoms with Gasteiger partial charge in [0.2, 0.25) is 17.1 Å². The summed E-state index contributed by atoms with van der Waals surface area (Å²) in [5, 5.41) is 3.92. The average Bonchev–Trinajstić information content (AvgIpc) is 3.58. The highest BCUT2D eigenvalue weighted by atomic mass is 28.3. The SMILES string of the molecule is C=C1C[n+]2ccc(C)cc2-c2c(ccc3c2oc2nc(C4CCCCC4)ccc23)CCC2c3ccccc3-c3cc(CC4CCCCC4)c([Si](C)(C)C)c[n+]3C12. The number of pyridine rings is 3. The molecule has 4 nitrogen and oxygen atoms in total. The monoisotopic (exact) mass is 757 g/mol. The summed E-state index contributed by atoms with van der Waals surface area (Å²) in [6.45, 7) is 15.6. The fourth-order valence-corrected chi connectivity index (χ4v) is 13.0. The zero-order valence-corrected chi connectivity index (χ0v) is 35.2. The molecular weight excluding hydrogens is 699 g/mol. The molecule has 6 heterocycles. The van der Waals surface area contributed by atoms with E-state index in [0.29, 0.717) is 11.8 Å². The van der Waals surface area contributed by atoms with E-state index < -0.39 is 8.07 Å². The minimum atomic E-state index is -1.67. The maximum atomic E-state index is 6.95. The van der Waals surface area contributed by atoms with Crippen LogP contribution < -0.4 is 14.3 Å². The Balaban J connectivity index is 1.12. The van der Waals surface area contributed by atoms with Crippen molar-refractivity contribution in [2.24, 2.45) is 5.92 Å². The molecule has 56 heavy (non-hydrogen) atoms. The lowest BCUT2D eigenvalue weighted by Gasteiger charge is -2.34. The van der Waals surface area contributed by atoms with Crippen molar-refractivity contribution < 1.29 is 13.6 Å². The summed E-state index contributed by atoms with van der Waals surface area (Å²) in [4.78, 5) is 5.22. The Kier molecular flexibility index (Phi) is 9.16. The Hall–Kier alpha value is -4.35. The molecule has 0 spiro atoms. The van der Waals surface area contributed by atoms with Gasteiger partial charge >= 0.3 is 0 Å². The Morgan fingerprint density at radius 3 is 2.39 bits per heavy atom. The van der Waals surface area contributed by atoms with Crippen LogP contribution in [-0.2, 0) is 19.4 Å². The van der Waals surface area contributed by atoms with Gasteiger partial charge in [-0.15, -0.1) is 0 Å². The highest BCUT2D eigenvalue weighted by Gasteiger charge is 2.45. The highest BCUT2D eigenvalue weighted by Crippen LogP contribution is 2.46. The molecule has 0 radical (unpaired) electrons. The minimum absolute atomic E-state index is 0.166. The molecule has 2 fully saturated rings. The summed E-state index contributed by atoms with van der Waals surface area (Å²) >= 11 is 0. The molecule has 5 heteroatoms. The molecule has 4 aliphatic rings. The fraction of sp³-hybridized carbons (Fsp3) is 0.431.